The number of likely N-dealkylation sites (tertiary alicyclic amines) is 1. The Kier molecular flexibility index (Phi) is 8.37. The summed E-state index contributed by atoms with van der Waals surface area (Å²) in [4.78, 5) is 7.73. The lowest BCUT2D eigenvalue weighted by atomic mass is 9.94. The number of piperazine rings is 1. The van der Waals surface area contributed by atoms with Crippen LogP contribution >= 0.6 is 11.6 Å². The quantitative estimate of drug-likeness (QED) is 0.328. The molecule has 3 aromatic rings. The van der Waals surface area contributed by atoms with Gasteiger partial charge in [-0.05, 0) is 79.2 Å². The third-order valence-electron chi connectivity index (χ3n) is 10.3. The third-order valence-corrected chi connectivity index (χ3v) is 10.5. The van der Waals surface area contributed by atoms with Crippen LogP contribution in [0.5, 0.6) is 0 Å². The number of epoxide rings is 2. The first-order valence-electron chi connectivity index (χ1n) is 16.6. The van der Waals surface area contributed by atoms with Gasteiger partial charge < -0.3 is 19.7 Å². The van der Waals surface area contributed by atoms with Crippen LogP contribution in [0.3, 0.4) is 0 Å². The summed E-state index contributed by atoms with van der Waals surface area (Å²) < 4.78 is 12.7. The van der Waals surface area contributed by atoms with Crippen LogP contribution < -0.4 is 15.5 Å². The molecule has 5 heterocycles. The smallest absolute Gasteiger partial charge is 0.139 e. The minimum atomic E-state index is 0.0452. The minimum Gasteiger partial charge on any atom is -0.369 e. The molecule has 7 nitrogen and oxygen atoms in total. The van der Waals surface area contributed by atoms with E-state index in [2.05, 4.69) is 86.0 Å². The largest absolute Gasteiger partial charge is 0.369 e. The van der Waals surface area contributed by atoms with E-state index in [4.69, 9.17) is 21.1 Å². The molecule has 3 aromatic carbocycles. The molecule has 6 atom stereocenters. The van der Waals surface area contributed by atoms with Gasteiger partial charge in [-0.1, -0.05) is 66.2 Å². The van der Waals surface area contributed by atoms with Crippen LogP contribution in [0.25, 0.3) is 0 Å². The summed E-state index contributed by atoms with van der Waals surface area (Å²) in [6.07, 6.45) is 5.07. The van der Waals surface area contributed by atoms with Crippen molar-refractivity contribution in [2.24, 2.45) is 0 Å². The molecule has 4 unspecified atom stereocenters. The fraction of sp³-hybridized carbons (Fsp3) is 0.500. The van der Waals surface area contributed by atoms with Crippen LogP contribution in [-0.2, 0) is 35.4 Å². The van der Waals surface area contributed by atoms with Crippen LogP contribution in [0.2, 0.25) is 5.02 Å². The first kappa shape index (κ1) is 28.9. The summed E-state index contributed by atoms with van der Waals surface area (Å²) in [6, 6.07) is 26.5. The highest BCUT2D eigenvalue weighted by Crippen LogP contribution is 2.36. The van der Waals surface area contributed by atoms with Gasteiger partial charge in [0.15, 0.2) is 0 Å². The molecule has 0 radical (unpaired) electrons. The predicted molar refractivity (Wildman–Crippen MR) is 175 cm³/mol. The van der Waals surface area contributed by atoms with Gasteiger partial charge in [-0.15, -0.1) is 0 Å². The van der Waals surface area contributed by atoms with Crippen molar-refractivity contribution in [3.8, 4) is 0 Å². The lowest BCUT2D eigenvalue weighted by Crippen LogP contribution is -2.50. The van der Waals surface area contributed by atoms with E-state index in [-0.39, 0.29) is 30.7 Å². The molecule has 5 aliphatic heterocycles. The zero-order valence-electron chi connectivity index (χ0n) is 25.4. The molecule has 0 aromatic heterocycles. The second-order valence-electron chi connectivity index (χ2n) is 13.2. The molecule has 0 spiro atoms. The van der Waals surface area contributed by atoms with Gasteiger partial charge in [-0.25, -0.2) is 0 Å². The maximum atomic E-state index is 6.46. The zero-order chi connectivity index (χ0) is 29.5. The summed E-state index contributed by atoms with van der Waals surface area (Å²) >= 11 is 6.21. The molecular weight excluding hydrogens is 570 g/mol. The Hall–Kier alpha value is -2.49. The van der Waals surface area contributed by atoms with Crippen molar-refractivity contribution >= 4 is 17.3 Å². The fourth-order valence-electron chi connectivity index (χ4n) is 7.69. The van der Waals surface area contributed by atoms with Gasteiger partial charge in [0.05, 0.1) is 0 Å². The Labute approximate surface area is 266 Å². The van der Waals surface area contributed by atoms with Crippen LogP contribution in [-0.4, -0.2) is 85.8 Å². The van der Waals surface area contributed by atoms with Crippen LogP contribution in [0.15, 0.2) is 72.8 Å². The van der Waals surface area contributed by atoms with E-state index in [1.54, 1.807) is 0 Å². The van der Waals surface area contributed by atoms with Crippen LogP contribution in [0.1, 0.15) is 35.1 Å². The highest BCUT2D eigenvalue weighted by molar-refractivity contribution is 6.30. The number of ether oxygens (including phenoxy) is 2. The Bertz CT molecular complexity index is 1420. The third kappa shape index (κ3) is 6.42. The molecular formula is C36H44ClN5O2. The van der Waals surface area contributed by atoms with Crippen molar-refractivity contribution < 1.29 is 9.47 Å². The molecule has 44 heavy (non-hydrogen) atoms. The van der Waals surface area contributed by atoms with Crippen molar-refractivity contribution in [3.05, 3.63) is 100 Å². The van der Waals surface area contributed by atoms with E-state index in [1.165, 1.54) is 53.9 Å². The molecule has 8 heteroatoms. The lowest BCUT2D eigenvalue weighted by Gasteiger charge is -2.37. The second kappa shape index (κ2) is 12.7. The number of nitrogens with zero attached hydrogens (tertiary/aromatic N) is 3. The van der Waals surface area contributed by atoms with Crippen molar-refractivity contribution in [1.82, 2.24) is 20.4 Å². The van der Waals surface area contributed by atoms with Crippen molar-refractivity contribution in [2.75, 3.05) is 44.2 Å². The summed E-state index contributed by atoms with van der Waals surface area (Å²) in [5, 5.41) is 8.36. The van der Waals surface area contributed by atoms with Gasteiger partial charge in [-0.2, -0.15) is 0 Å². The zero-order valence-corrected chi connectivity index (χ0v) is 26.2. The summed E-state index contributed by atoms with van der Waals surface area (Å²) in [5.41, 5.74) is 6.98. The highest BCUT2D eigenvalue weighted by atomic mass is 35.5. The molecule has 232 valence electrons. The standard InChI is InChI=1S/C36H44ClN5O2/c37-29-13-11-25(12-14-29)21-31(39-35-33(43-35)30-22-26-7-1-2-8-27(26)23-38-30)34-36(44-34)42-19-17-41(18-20-42)32-10-4-3-9-28(32)24-40-15-5-6-16-40/h1-4,7-14,30-31,33-36,38-39H,5-6,15-24H2/t30-,31-,33?,34?,35?,36?/m1/s1. The second-order valence-corrected chi connectivity index (χ2v) is 13.6. The maximum absolute atomic E-state index is 6.46. The normalized spacial score (nSPS) is 29.4. The Morgan fingerprint density at radius 3 is 2.41 bits per heavy atom. The van der Waals surface area contributed by atoms with E-state index in [1.807, 2.05) is 12.1 Å². The molecule has 0 saturated carbocycles. The summed E-state index contributed by atoms with van der Waals surface area (Å²) in [6.45, 7) is 8.52. The molecule has 0 aliphatic carbocycles. The molecule has 4 fully saturated rings. The van der Waals surface area contributed by atoms with Gasteiger partial charge in [0.2, 0.25) is 0 Å². The Morgan fingerprint density at radius 1 is 0.841 bits per heavy atom. The van der Waals surface area contributed by atoms with Gasteiger partial charge in [0.1, 0.15) is 24.7 Å². The average molecular weight is 614 g/mol. The number of para-hydroxylation sites is 1. The van der Waals surface area contributed by atoms with E-state index < -0.39 is 0 Å². The van der Waals surface area contributed by atoms with E-state index in [0.29, 0.717) is 6.04 Å². The topological polar surface area (TPSA) is 58.8 Å². The number of nitrogens with one attached hydrogen (secondary N) is 2. The first-order valence-corrected chi connectivity index (χ1v) is 17.0. The minimum absolute atomic E-state index is 0.0452. The number of fused-ring (bicyclic) bond motifs is 1. The van der Waals surface area contributed by atoms with E-state index in [9.17, 15) is 0 Å². The number of benzene rings is 3. The van der Waals surface area contributed by atoms with E-state index >= 15 is 0 Å². The van der Waals surface area contributed by atoms with E-state index in [0.717, 1.165) is 57.1 Å². The Morgan fingerprint density at radius 2 is 1.59 bits per heavy atom. The fourth-order valence-corrected chi connectivity index (χ4v) is 7.81. The monoisotopic (exact) mass is 613 g/mol. The lowest BCUT2D eigenvalue weighted by molar-refractivity contribution is 0.166. The molecule has 8 rings (SSSR count). The van der Waals surface area contributed by atoms with Crippen molar-refractivity contribution in [2.45, 2.75) is 75.5 Å². The number of halogens is 1. The molecule has 5 aliphatic rings. The van der Waals surface area contributed by atoms with Crippen molar-refractivity contribution in [1.29, 1.82) is 0 Å². The number of anilines is 1. The van der Waals surface area contributed by atoms with Crippen molar-refractivity contribution in [3.63, 3.8) is 0 Å². The number of rotatable bonds is 10. The summed E-state index contributed by atoms with van der Waals surface area (Å²) in [7, 11) is 0. The first-order chi connectivity index (χ1) is 21.7. The van der Waals surface area contributed by atoms with Gasteiger partial charge in [0, 0.05) is 62.1 Å². The van der Waals surface area contributed by atoms with Crippen LogP contribution in [0, 0.1) is 0 Å². The molecule has 4 saturated heterocycles. The number of hydrogen-bond donors (Lipinski definition) is 2. The van der Waals surface area contributed by atoms with Gasteiger partial charge in [-0.3, -0.25) is 15.1 Å². The molecule has 0 bridgehead atoms. The highest BCUT2D eigenvalue weighted by Gasteiger charge is 2.53. The predicted octanol–water partition coefficient (Wildman–Crippen LogP) is 4.42. The van der Waals surface area contributed by atoms with Crippen LogP contribution in [0.4, 0.5) is 5.69 Å². The Balaban J connectivity index is 0.895. The SMILES string of the molecule is Clc1ccc(C[C@@H](NC2OC2[C@H]2Cc3ccccc3CN2)C2OC2N2CCN(c3ccccc3CN3CCCC3)CC2)cc1. The average Bonchev–Trinajstić information content (AvgIpc) is 3.97. The molecule has 0 amide bonds. The number of hydrogen-bond acceptors (Lipinski definition) is 7. The summed E-state index contributed by atoms with van der Waals surface area (Å²) in [5.74, 6) is 0. The maximum Gasteiger partial charge on any atom is 0.139 e. The van der Waals surface area contributed by atoms with Gasteiger partial charge in [0.25, 0.3) is 0 Å². The molecule has 2 N–H and O–H groups in total. The van der Waals surface area contributed by atoms with Gasteiger partial charge >= 0.3 is 0 Å².